The molecule has 4 rings (SSSR count). The van der Waals surface area contributed by atoms with Crippen LogP contribution in [0.4, 0.5) is 5.13 Å². The quantitative estimate of drug-likeness (QED) is 0.836. The zero-order valence-electron chi connectivity index (χ0n) is 14.0. The molecule has 0 saturated carbocycles. The van der Waals surface area contributed by atoms with Crippen LogP contribution in [0.2, 0.25) is 5.02 Å². The van der Waals surface area contributed by atoms with Gasteiger partial charge in [-0.1, -0.05) is 11.6 Å². The number of carbonyl (C=O) groups excluding carboxylic acids is 2. The highest BCUT2D eigenvalue weighted by Gasteiger charge is 2.25. The zero-order valence-corrected chi connectivity index (χ0v) is 16.4. The molecule has 136 valence electrons. The first-order valence-corrected chi connectivity index (χ1v) is 10.8. The highest BCUT2D eigenvalue weighted by molar-refractivity contribution is 7.99. The summed E-state index contributed by atoms with van der Waals surface area (Å²) in [5.41, 5.74) is 1.79. The molecule has 2 aliphatic heterocycles. The third-order valence-corrected chi connectivity index (χ3v) is 6.80. The predicted molar refractivity (Wildman–Crippen MR) is 105 cm³/mol. The van der Waals surface area contributed by atoms with Gasteiger partial charge in [-0.05, 0) is 36.6 Å². The summed E-state index contributed by atoms with van der Waals surface area (Å²) < 4.78 is 0. The van der Waals surface area contributed by atoms with E-state index in [2.05, 4.69) is 10.3 Å². The molecule has 1 N–H and O–H groups in total. The third-order valence-electron chi connectivity index (χ3n) is 4.53. The fraction of sp³-hybridized carbons (Fsp3) is 0.389. The molecular weight excluding hydrogens is 390 g/mol. The minimum absolute atomic E-state index is 0.0179. The van der Waals surface area contributed by atoms with E-state index in [4.69, 9.17) is 11.6 Å². The van der Waals surface area contributed by atoms with Crippen LogP contribution >= 0.6 is 34.7 Å². The fourth-order valence-corrected chi connectivity index (χ4v) is 5.43. The summed E-state index contributed by atoms with van der Waals surface area (Å²) in [4.78, 5) is 31.7. The number of hydrogen-bond donors (Lipinski definition) is 1. The van der Waals surface area contributed by atoms with Gasteiger partial charge < -0.3 is 5.32 Å². The van der Waals surface area contributed by atoms with Crippen molar-refractivity contribution in [2.45, 2.75) is 36.6 Å². The summed E-state index contributed by atoms with van der Waals surface area (Å²) in [7, 11) is 0. The van der Waals surface area contributed by atoms with Gasteiger partial charge in [0.25, 0.3) is 0 Å². The van der Waals surface area contributed by atoms with Crippen molar-refractivity contribution in [2.24, 2.45) is 0 Å². The number of thioether (sulfide) groups is 1. The van der Waals surface area contributed by atoms with Gasteiger partial charge >= 0.3 is 0 Å². The van der Waals surface area contributed by atoms with E-state index in [1.54, 1.807) is 16.7 Å². The van der Waals surface area contributed by atoms with Crippen molar-refractivity contribution in [2.75, 3.05) is 17.2 Å². The Morgan fingerprint density at radius 3 is 3.12 bits per heavy atom. The van der Waals surface area contributed by atoms with Crippen LogP contribution in [0.3, 0.4) is 0 Å². The summed E-state index contributed by atoms with van der Waals surface area (Å²) in [5, 5.41) is 6.36. The van der Waals surface area contributed by atoms with Gasteiger partial charge in [0.05, 0.1) is 18.2 Å². The number of hydrogen-bond acceptors (Lipinski definition) is 5. The molecule has 0 radical (unpaired) electrons. The van der Waals surface area contributed by atoms with Crippen molar-refractivity contribution in [1.82, 2.24) is 10.3 Å². The van der Waals surface area contributed by atoms with Crippen LogP contribution < -0.4 is 10.2 Å². The molecule has 0 spiro atoms. The van der Waals surface area contributed by atoms with Gasteiger partial charge in [0, 0.05) is 34.0 Å². The van der Waals surface area contributed by atoms with Crippen molar-refractivity contribution in [3.63, 3.8) is 0 Å². The van der Waals surface area contributed by atoms with Crippen LogP contribution in [-0.2, 0) is 16.0 Å². The molecule has 1 atom stereocenters. The topological polar surface area (TPSA) is 62.3 Å². The molecule has 2 amide bonds. The second kappa shape index (κ2) is 7.58. The third kappa shape index (κ3) is 3.75. The van der Waals surface area contributed by atoms with Crippen molar-refractivity contribution in [1.29, 1.82) is 0 Å². The minimum atomic E-state index is -0.0579. The van der Waals surface area contributed by atoms with E-state index in [9.17, 15) is 9.59 Å². The van der Waals surface area contributed by atoms with Crippen molar-refractivity contribution in [3.8, 4) is 0 Å². The number of nitrogens with zero attached hydrogens (tertiary/aromatic N) is 2. The molecule has 0 bridgehead atoms. The number of aromatic nitrogens is 1. The Labute approximate surface area is 165 Å². The van der Waals surface area contributed by atoms with Gasteiger partial charge in [0.1, 0.15) is 0 Å². The van der Waals surface area contributed by atoms with E-state index in [1.807, 2.05) is 23.6 Å². The summed E-state index contributed by atoms with van der Waals surface area (Å²) in [6.45, 7) is 0.718. The maximum atomic E-state index is 12.5. The molecular formula is C18H18ClN3O2S2. The van der Waals surface area contributed by atoms with E-state index >= 15 is 0 Å². The Bertz CT molecular complexity index is 855. The monoisotopic (exact) mass is 407 g/mol. The number of anilines is 1. The van der Waals surface area contributed by atoms with E-state index in [-0.39, 0.29) is 24.3 Å². The average molecular weight is 408 g/mol. The van der Waals surface area contributed by atoms with E-state index in [1.165, 1.54) is 16.2 Å². The van der Waals surface area contributed by atoms with E-state index < -0.39 is 0 Å². The first kappa shape index (κ1) is 17.8. The Balaban J connectivity index is 1.42. The number of fused-ring (bicyclic) bond motifs is 1. The lowest BCUT2D eigenvalue weighted by Crippen LogP contribution is -2.32. The smallest absolute Gasteiger partial charge is 0.228 e. The molecule has 2 aliphatic rings. The molecule has 1 aromatic carbocycles. The summed E-state index contributed by atoms with van der Waals surface area (Å²) in [6.07, 6.45) is 2.55. The average Bonchev–Trinajstić information content (AvgIpc) is 3.24. The Morgan fingerprint density at radius 1 is 1.42 bits per heavy atom. The number of amides is 2. The van der Waals surface area contributed by atoms with Gasteiger partial charge in [0.2, 0.25) is 11.8 Å². The lowest BCUT2D eigenvalue weighted by atomic mass is 10.0. The number of halogens is 1. The predicted octanol–water partition coefficient (Wildman–Crippen LogP) is 3.82. The number of thiazole rings is 1. The molecule has 1 aromatic heterocycles. The molecule has 0 aliphatic carbocycles. The van der Waals surface area contributed by atoms with Crippen LogP contribution in [-0.4, -0.2) is 29.1 Å². The van der Waals surface area contributed by atoms with Crippen molar-refractivity contribution >= 4 is 51.6 Å². The van der Waals surface area contributed by atoms with Crippen LogP contribution in [0, 0.1) is 0 Å². The number of carbonyl (C=O) groups is 2. The highest BCUT2D eigenvalue weighted by atomic mass is 35.5. The maximum Gasteiger partial charge on any atom is 0.228 e. The van der Waals surface area contributed by atoms with Gasteiger partial charge in [0.15, 0.2) is 5.13 Å². The van der Waals surface area contributed by atoms with Gasteiger partial charge in [-0.25, -0.2) is 4.98 Å². The number of nitrogens with one attached hydrogen (secondary N) is 1. The second-order valence-electron chi connectivity index (χ2n) is 6.39. The first-order valence-electron chi connectivity index (χ1n) is 8.56. The minimum Gasteiger partial charge on any atom is -0.349 e. The van der Waals surface area contributed by atoms with E-state index in [0.29, 0.717) is 22.3 Å². The van der Waals surface area contributed by atoms with Crippen LogP contribution in [0.1, 0.15) is 36.6 Å². The van der Waals surface area contributed by atoms with Gasteiger partial charge in [-0.15, -0.1) is 23.1 Å². The van der Waals surface area contributed by atoms with Crippen LogP contribution in [0.25, 0.3) is 0 Å². The lowest BCUT2D eigenvalue weighted by molar-refractivity contribution is -0.121. The normalized spacial score (nSPS) is 19.5. The van der Waals surface area contributed by atoms with Gasteiger partial charge in [-0.2, -0.15) is 0 Å². The Kier molecular flexibility index (Phi) is 5.20. The SMILES string of the molecule is O=C(Cc1csc(N2CCCC2=O)n1)N[C@H]1CCSc2ccc(Cl)cc21. The Hall–Kier alpha value is -1.57. The highest BCUT2D eigenvalue weighted by Crippen LogP contribution is 2.37. The molecule has 0 unspecified atom stereocenters. The first-order chi connectivity index (χ1) is 12.6. The molecule has 8 heteroatoms. The molecule has 26 heavy (non-hydrogen) atoms. The van der Waals surface area contributed by atoms with Crippen LogP contribution in [0.15, 0.2) is 28.5 Å². The molecule has 1 saturated heterocycles. The zero-order chi connectivity index (χ0) is 18.1. The lowest BCUT2D eigenvalue weighted by Gasteiger charge is -2.26. The largest absolute Gasteiger partial charge is 0.349 e. The van der Waals surface area contributed by atoms with Crippen molar-refractivity contribution in [3.05, 3.63) is 39.9 Å². The molecule has 2 aromatic rings. The summed E-state index contributed by atoms with van der Waals surface area (Å²) >= 11 is 9.34. The number of benzene rings is 1. The Morgan fingerprint density at radius 2 is 2.31 bits per heavy atom. The van der Waals surface area contributed by atoms with Crippen molar-refractivity contribution < 1.29 is 9.59 Å². The van der Waals surface area contributed by atoms with Gasteiger partial charge in [-0.3, -0.25) is 14.5 Å². The maximum absolute atomic E-state index is 12.5. The molecule has 3 heterocycles. The standard InChI is InChI=1S/C18H18ClN3O2S2/c19-11-3-4-15-13(8-11)14(5-7-25-15)21-16(23)9-12-10-26-18(20-12)22-6-1-2-17(22)24/h3-4,8,10,14H,1-2,5-7,9H2,(H,21,23)/t14-/m0/s1. The summed E-state index contributed by atoms with van der Waals surface area (Å²) in [6, 6.07) is 5.82. The molecule has 1 fully saturated rings. The molecule has 5 nitrogen and oxygen atoms in total. The summed E-state index contributed by atoms with van der Waals surface area (Å²) in [5.74, 6) is 1.03. The fourth-order valence-electron chi connectivity index (χ4n) is 3.28. The van der Waals surface area contributed by atoms with E-state index in [0.717, 1.165) is 30.7 Å². The van der Waals surface area contributed by atoms with Crippen LogP contribution in [0.5, 0.6) is 0 Å². The number of rotatable bonds is 4. The second-order valence-corrected chi connectivity index (χ2v) is 8.80.